The summed E-state index contributed by atoms with van der Waals surface area (Å²) in [5.41, 5.74) is 3.93. The minimum atomic E-state index is -0.0762. The summed E-state index contributed by atoms with van der Waals surface area (Å²) in [6.45, 7) is 6.98. The fourth-order valence-corrected chi connectivity index (χ4v) is 2.69. The molecule has 1 aromatic rings. The van der Waals surface area contributed by atoms with Gasteiger partial charge in [0.15, 0.2) is 0 Å². The molecule has 1 heterocycles. The second kappa shape index (κ2) is 7.04. The highest BCUT2D eigenvalue weighted by Gasteiger charge is 2.31. The topological polar surface area (TPSA) is 59.8 Å². The minimum absolute atomic E-state index is 0.0208. The van der Waals surface area contributed by atoms with Crippen LogP contribution in [0.2, 0.25) is 0 Å². The Hall–Kier alpha value is -1.14. The van der Waals surface area contributed by atoms with Gasteiger partial charge in [0.2, 0.25) is 0 Å². The summed E-state index contributed by atoms with van der Waals surface area (Å²) in [5.74, 6) is 6.61. The number of hydrogen-bond acceptors (Lipinski definition) is 5. The molecular formula is C15H25N3O2. The Morgan fingerprint density at radius 3 is 2.80 bits per heavy atom. The molecule has 2 rings (SSSR count). The molecule has 20 heavy (non-hydrogen) atoms. The predicted molar refractivity (Wildman–Crippen MR) is 79.5 cm³/mol. The summed E-state index contributed by atoms with van der Waals surface area (Å²) in [7, 11) is 1.68. The monoisotopic (exact) mass is 279 g/mol. The first-order valence-electron chi connectivity index (χ1n) is 7.12. The standard InChI is InChI=1S/C15H25N3O2/c1-11(2)18-8-9-20-14(10-18)15(17-16)12-6-4-5-7-13(12)19-3/h4-7,11,14-15,17H,8-10,16H2,1-3H3. The molecule has 0 amide bonds. The number of hydrazine groups is 1. The van der Waals surface area contributed by atoms with E-state index in [1.165, 1.54) is 0 Å². The minimum Gasteiger partial charge on any atom is -0.496 e. The number of nitrogens with two attached hydrogens (primary N) is 1. The van der Waals surface area contributed by atoms with Crippen molar-refractivity contribution in [1.29, 1.82) is 0 Å². The molecule has 1 aromatic carbocycles. The third-order valence-electron chi connectivity index (χ3n) is 3.88. The van der Waals surface area contributed by atoms with Crippen molar-refractivity contribution < 1.29 is 9.47 Å². The van der Waals surface area contributed by atoms with E-state index in [2.05, 4.69) is 24.2 Å². The summed E-state index contributed by atoms with van der Waals surface area (Å²) < 4.78 is 11.4. The first-order chi connectivity index (χ1) is 9.67. The van der Waals surface area contributed by atoms with Crippen molar-refractivity contribution >= 4 is 0 Å². The molecule has 5 nitrogen and oxygen atoms in total. The molecule has 2 atom stereocenters. The number of methoxy groups -OCH3 is 1. The van der Waals surface area contributed by atoms with Crippen molar-refractivity contribution in [2.75, 3.05) is 26.8 Å². The summed E-state index contributed by atoms with van der Waals surface area (Å²) in [4.78, 5) is 2.41. The van der Waals surface area contributed by atoms with Gasteiger partial charge < -0.3 is 9.47 Å². The van der Waals surface area contributed by atoms with Gasteiger partial charge in [0, 0.05) is 24.7 Å². The van der Waals surface area contributed by atoms with E-state index in [4.69, 9.17) is 15.3 Å². The summed E-state index contributed by atoms with van der Waals surface area (Å²) >= 11 is 0. The zero-order valence-electron chi connectivity index (χ0n) is 12.5. The van der Waals surface area contributed by atoms with Crippen molar-refractivity contribution in [3.8, 4) is 5.75 Å². The Morgan fingerprint density at radius 2 is 2.15 bits per heavy atom. The van der Waals surface area contributed by atoms with Crippen molar-refractivity contribution in [3.05, 3.63) is 29.8 Å². The third-order valence-corrected chi connectivity index (χ3v) is 3.88. The maximum absolute atomic E-state index is 5.93. The lowest BCUT2D eigenvalue weighted by Gasteiger charge is -2.39. The number of para-hydroxylation sites is 1. The van der Waals surface area contributed by atoms with Gasteiger partial charge in [-0.2, -0.15) is 0 Å². The highest BCUT2D eigenvalue weighted by Crippen LogP contribution is 2.29. The molecule has 1 aliphatic heterocycles. The predicted octanol–water partition coefficient (Wildman–Crippen LogP) is 1.31. The molecule has 0 aliphatic carbocycles. The van der Waals surface area contributed by atoms with Crippen LogP contribution in [0.3, 0.4) is 0 Å². The lowest BCUT2D eigenvalue weighted by molar-refractivity contribution is -0.0564. The Kier molecular flexibility index (Phi) is 5.37. The maximum Gasteiger partial charge on any atom is 0.123 e. The van der Waals surface area contributed by atoms with Gasteiger partial charge in [0.05, 0.1) is 25.9 Å². The Bertz CT molecular complexity index is 425. The van der Waals surface area contributed by atoms with Crippen LogP contribution in [0.5, 0.6) is 5.75 Å². The second-order valence-electron chi connectivity index (χ2n) is 5.38. The van der Waals surface area contributed by atoms with E-state index in [9.17, 15) is 0 Å². The van der Waals surface area contributed by atoms with Crippen LogP contribution < -0.4 is 16.0 Å². The highest BCUT2D eigenvalue weighted by atomic mass is 16.5. The van der Waals surface area contributed by atoms with Crippen LogP contribution in [-0.2, 0) is 4.74 Å². The van der Waals surface area contributed by atoms with E-state index >= 15 is 0 Å². The van der Waals surface area contributed by atoms with E-state index in [1.54, 1.807) is 7.11 Å². The maximum atomic E-state index is 5.93. The first kappa shape index (κ1) is 15.3. The van der Waals surface area contributed by atoms with Crippen LogP contribution in [0.1, 0.15) is 25.5 Å². The summed E-state index contributed by atoms with van der Waals surface area (Å²) in [6.07, 6.45) is 0.0208. The second-order valence-corrected chi connectivity index (χ2v) is 5.38. The van der Waals surface area contributed by atoms with Gasteiger partial charge in [-0.15, -0.1) is 0 Å². The molecule has 0 spiro atoms. The number of benzene rings is 1. The molecule has 1 aliphatic rings. The van der Waals surface area contributed by atoms with E-state index in [-0.39, 0.29) is 12.1 Å². The molecule has 112 valence electrons. The van der Waals surface area contributed by atoms with Gasteiger partial charge in [0.25, 0.3) is 0 Å². The molecule has 0 saturated carbocycles. The Labute approximate surface area is 121 Å². The van der Waals surface area contributed by atoms with Crippen molar-refractivity contribution in [3.63, 3.8) is 0 Å². The van der Waals surface area contributed by atoms with E-state index in [0.29, 0.717) is 6.04 Å². The zero-order valence-corrected chi connectivity index (χ0v) is 12.5. The summed E-state index contributed by atoms with van der Waals surface area (Å²) in [5, 5.41) is 0. The van der Waals surface area contributed by atoms with Crippen molar-refractivity contribution in [2.24, 2.45) is 5.84 Å². The number of nitrogens with one attached hydrogen (secondary N) is 1. The largest absolute Gasteiger partial charge is 0.496 e. The lowest BCUT2D eigenvalue weighted by Crippen LogP contribution is -2.51. The molecule has 2 unspecified atom stereocenters. The normalized spacial score (nSPS) is 21.9. The molecule has 0 radical (unpaired) electrons. The molecular weight excluding hydrogens is 254 g/mol. The zero-order chi connectivity index (χ0) is 14.5. The molecule has 1 fully saturated rings. The van der Waals surface area contributed by atoms with Crippen molar-refractivity contribution in [1.82, 2.24) is 10.3 Å². The number of hydrogen-bond donors (Lipinski definition) is 2. The molecule has 5 heteroatoms. The third kappa shape index (κ3) is 3.30. The van der Waals surface area contributed by atoms with Crippen LogP contribution in [0.15, 0.2) is 24.3 Å². The van der Waals surface area contributed by atoms with Crippen LogP contribution in [0.25, 0.3) is 0 Å². The van der Waals surface area contributed by atoms with E-state index < -0.39 is 0 Å². The molecule has 3 N–H and O–H groups in total. The van der Waals surface area contributed by atoms with Gasteiger partial charge in [0.1, 0.15) is 5.75 Å². The van der Waals surface area contributed by atoms with Crippen LogP contribution in [0.4, 0.5) is 0 Å². The Morgan fingerprint density at radius 1 is 1.40 bits per heavy atom. The molecule has 0 aromatic heterocycles. The number of ether oxygens (including phenoxy) is 2. The lowest BCUT2D eigenvalue weighted by atomic mass is 9.99. The fraction of sp³-hybridized carbons (Fsp3) is 0.600. The SMILES string of the molecule is COc1ccccc1C(NN)C1CN(C(C)C)CCO1. The average molecular weight is 279 g/mol. The van der Waals surface area contributed by atoms with Crippen molar-refractivity contribution in [2.45, 2.75) is 32.0 Å². The average Bonchev–Trinajstić information content (AvgIpc) is 2.49. The molecule has 1 saturated heterocycles. The van der Waals surface area contributed by atoms with Gasteiger partial charge in [-0.1, -0.05) is 18.2 Å². The number of morpholine rings is 1. The number of rotatable bonds is 5. The van der Waals surface area contributed by atoms with E-state index in [1.807, 2.05) is 24.3 Å². The smallest absolute Gasteiger partial charge is 0.123 e. The van der Waals surface area contributed by atoms with Gasteiger partial charge in [-0.05, 0) is 19.9 Å². The van der Waals surface area contributed by atoms with Gasteiger partial charge >= 0.3 is 0 Å². The summed E-state index contributed by atoms with van der Waals surface area (Å²) in [6, 6.07) is 8.36. The Balaban J connectivity index is 2.19. The highest BCUT2D eigenvalue weighted by molar-refractivity contribution is 5.36. The van der Waals surface area contributed by atoms with Crippen LogP contribution in [-0.4, -0.2) is 43.9 Å². The van der Waals surface area contributed by atoms with Crippen LogP contribution >= 0.6 is 0 Å². The number of nitrogens with zero attached hydrogens (tertiary/aromatic N) is 1. The van der Waals surface area contributed by atoms with Gasteiger partial charge in [-0.25, -0.2) is 0 Å². The van der Waals surface area contributed by atoms with E-state index in [0.717, 1.165) is 31.0 Å². The fourth-order valence-electron chi connectivity index (χ4n) is 2.69. The molecule has 0 bridgehead atoms. The van der Waals surface area contributed by atoms with Crippen LogP contribution in [0, 0.1) is 0 Å². The first-order valence-corrected chi connectivity index (χ1v) is 7.12. The van der Waals surface area contributed by atoms with Gasteiger partial charge in [-0.3, -0.25) is 16.2 Å². The quantitative estimate of drug-likeness (QED) is 0.628.